The van der Waals surface area contributed by atoms with Gasteiger partial charge in [-0.2, -0.15) is 13.5 Å². The van der Waals surface area contributed by atoms with E-state index in [2.05, 4.69) is 19.9 Å². The fourth-order valence-corrected chi connectivity index (χ4v) is 2.67. The second-order valence-electron chi connectivity index (χ2n) is 3.96. The number of anilines is 1. The Morgan fingerprint density at radius 1 is 1.44 bits per heavy atom. The maximum Gasteiger partial charge on any atom is 0.281 e. The summed E-state index contributed by atoms with van der Waals surface area (Å²) in [5, 5.41) is 6.67. The lowest BCUT2D eigenvalue weighted by atomic mass is 10.3. The number of aromatic amines is 1. The molecule has 8 heteroatoms. The Hall–Kier alpha value is -1.83. The van der Waals surface area contributed by atoms with Gasteiger partial charge in [0.15, 0.2) is 5.03 Å². The van der Waals surface area contributed by atoms with Crippen molar-refractivity contribution >= 4 is 15.7 Å². The molecule has 0 spiro atoms. The Balaban J connectivity index is 2.33. The Kier molecular flexibility index (Phi) is 3.12. The van der Waals surface area contributed by atoms with Crippen LogP contribution >= 0.6 is 0 Å². The molecular weight excluding hydrogens is 254 g/mol. The van der Waals surface area contributed by atoms with Gasteiger partial charge in [0.2, 0.25) is 0 Å². The van der Waals surface area contributed by atoms with Gasteiger partial charge in [-0.25, -0.2) is 4.98 Å². The van der Waals surface area contributed by atoms with E-state index in [4.69, 9.17) is 0 Å². The molecule has 2 N–H and O–H groups in total. The summed E-state index contributed by atoms with van der Waals surface area (Å²) in [5.74, 6) is 0. The topological polar surface area (TPSA) is 92.7 Å². The van der Waals surface area contributed by atoms with Gasteiger partial charge in [0.05, 0.1) is 23.4 Å². The Labute approximate surface area is 105 Å². The second kappa shape index (κ2) is 4.45. The normalized spacial score (nSPS) is 11.7. The minimum absolute atomic E-state index is 0.00403. The van der Waals surface area contributed by atoms with Crippen LogP contribution in [0.4, 0.5) is 5.69 Å². The van der Waals surface area contributed by atoms with E-state index in [1.807, 2.05) is 6.92 Å². The zero-order valence-corrected chi connectivity index (χ0v) is 11.2. The molecule has 18 heavy (non-hydrogen) atoms. The molecule has 7 nitrogen and oxygen atoms in total. The fraction of sp³-hybridized carbons (Fsp3) is 0.400. The van der Waals surface area contributed by atoms with Crippen LogP contribution in [-0.2, 0) is 16.6 Å². The molecule has 2 aromatic heterocycles. The van der Waals surface area contributed by atoms with Crippen molar-refractivity contribution in [2.75, 3.05) is 4.72 Å². The molecule has 0 aromatic carbocycles. The van der Waals surface area contributed by atoms with Gasteiger partial charge >= 0.3 is 0 Å². The summed E-state index contributed by atoms with van der Waals surface area (Å²) < 4.78 is 28.4. The van der Waals surface area contributed by atoms with Gasteiger partial charge in [0.25, 0.3) is 10.0 Å². The molecule has 0 aliphatic carbocycles. The molecule has 0 amide bonds. The lowest BCUT2D eigenvalue weighted by Gasteiger charge is -2.05. The zero-order valence-electron chi connectivity index (χ0n) is 10.4. The summed E-state index contributed by atoms with van der Waals surface area (Å²) in [7, 11) is -3.66. The third-order valence-electron chi connectivity index (χ3n) is 2.61. The minimum atomic E-state index is -3.66. The van der Waals surface area contributed by atoms with E-state index in [1.54, 1.807) is 18.4 Å². The summed E-state index contributed by atoms with van der Waals surface area (Å²) in [6, 6.07) is 0. The summed E-state index contributed by atoms with van der Waals surface area (Å²) in [6.45, 7) is 6.07. The molecule has 0 bridgehead atoms. The molecule has 2 rings (SSSR count). The zero-order chi connectivity index (χ0) is 13.3. The van der Waals surface area contributed by atoms with Crippen molar-refractivity contribution in [3.63, 3.8) is 0 Å². The quantitative estimate of drug-likeness (QED) is 0.867. The van der Waals surface area contributed by atoms with E-state index in [-0.39, 0.29) is 5.03 Å². The van der Waals surface area contributed by atoms with Crippen LogP contribution in [0.3, 0.4) is 0 Å². The number of H-pyrrole nitrogens is 1. The highest BCUT2D eigenvalue weighted by Gasteiger charge is 2.20. The number of hydrogen-bond acceptors (Lipinski definition) is 4. The minimum Gasteiger partial charge on any atom is -0.336 e. The van der Waals surface area contributed by atoms with E-state index in [9.17, 15) is 8.42 Å². The van der Waals surface area contributed by atoms with Gasteiger partial charge < -0.3 is 4.57 Å². The van der Waals surface area contributed by atoms with Crippen molar-refractivity contribution in [2.45, 2.75) is 32.3 Å². The van der Waals surface area contributed by atoms with Gasteiger partial charge in [-0.3, -0.25) is 9.82 Å². The summed E-state index contributed by atoms with van der Waals surface area (Å²) in [6.07, 6.45) is 2.98. The lowest BCUT2D eigenvalue weighted by Crippen LogP contribution is -2.14. The Bertz CT molecular complexity index is 636. The standard InChI is InChI=1S/C10H15N5O2S/c1-4-15-5-9(11-6-15)18(16,17)14-10-7(2)12-13-8(10)3/h5-6,14H,4H2,1-3H3,(H,12,13). The van der Waals surface area contributed by atoms with E-state index in [0.717, 1.165) is 0 Å². The molecule has 2 aromatic rings. The van der Waals surface area contributed by atoms with Gasteiger partial charge in [-0.05, 0) is 20.8 Å². The van der Waals surface area contributed by atoms with Crippen molar-refractivity contribution in [2.24, 2.45) is 0 Å². The number of nitrogens with zero attached hydrogens (tertiary/aromatic N) is 3. The SMILES string of the molecule is CCn1cnc(S(=O)(=O)Nc2c(C)n[nH]c2C)c1. The fourth-order valence-electron chi connectivity index (χ4n) is 1.54. The average Bonchev–Trinajstić information content (AvgIpc) is 2.91. The van der Waals surface area contributed by atoms with Gasteiger partial charge in [-0.1, -0.05) is 0 Å². The highest BCUT2D eigenvalue weighted by atomic mass is 32.2. The van der Waals surface area contributed by atoms with Crippen molar-refractivity contribution in [3.8, 4) is 0 Å². The smallest absolute Gasteiger partial charge is 0.281 e. The molecule has 0 atom stereocenters. The maximum atomic E-state index is 12.1. The highest BCUT2D eigenvalue weighted by Crippen LogP contribution is 2.20. The summed E-state index contributed by atoms with van der Waals surface area (Å²) >= 11 is 0. The monoisotopic (exact) mass is 269 g/mol. The van der Waals surface area contributed by atoms with Crippen LogP contribution in [-0.4, -0.2) is 28.2 Å². The number of hydrogen-bond donors (Lipinski definition) is 2. The van der Waals surface area contributed by atoms with Crippen molar-refractivity contribution in [3.05, 3.63) is 23.9 Å². The second-order valence-corrected chi connectivity index (χ2v) is 5.59. The number of nitrogens with one attached hydrogen (secondary N) is 2. The molecule has 0 fully saturated rings. The Morgan fingerprint density at radius 3 is 2.67 bits per heavy atom. The van der Waals surface area contributed by atoms with Crippen molar-refractivity contribution < 1.29 is 8.42 Å². The van der Waals surface area contributed by atoms with Crippen LogP contribution < -0.4 is 4.72 Å². The van der Waals surface area contributed by atoms with Crippen LogP contribution in [0.15, 0.2) is 17.6 Å². The Morgan fingerprint density at radius 2 is 2.17 bits per heavy atom. The van der Waals surface area contributed by atoms with Gasteiger partial charge in [0, 0.05) is 12.7 Å². The number of sulfonamides is 1. The molecular formula is C10H15N5O2S. The molecule has 0 unspecified atom stereocenters. The highest BCUT2D eigenvalue weighted by molar-refractivity contribution is 7.92. The number of rotatable bonds is 4. The molecule has 0 aliphatic rings. The van der Waals surface area contributed by atoms with Crippen molar-refractivity contribution in [1.82, 2.24) is 19.7 Å². The van der Waals surface area contributed by atoms with Gasteiger partial charge in [0.1, 0.15) is 0 Å². The molecule has 0 radical (unpaired) electrons. The third kappa shape index (κ3) is 2.23. The van der Waals surface area contributed by atoms with Gasteiger partial charge in [-0.15, -0.1) is 0 Å². The lowest BCUT2D eigenvalue weighted by molar-refractivity contribution is 0.598. The first-order valence-electron chi connectivity index (χ1n) is 5.50. The molecule has 98 valence electrons. The first kappa shape index (κ1) is 12.6. The third-order valence-corrected chi connectivity index (χ3v) is 3.85. The van der Waals surface area contributed by atoms with Crippen LogP contribution in [0.1, 0.15) is 18.3 Å². The maximum absolute atomic E-state index is 12.1. The first-order chi connectivity index (χ1) is 8.44. The summed E-state index contributed by atoms with van der Waals surface area (Å²) in [4.78, 5) is 3.88. The van der Waals surface area contributed by atoms with E-state index in [0.29, 0.717) is 23.6 Å². The van der Waals surface area contributed by atoms with E-state index >= 15 is 0 Å². The van der Waals surface area contributed by atoms with Crippen LogP contribution in [0.2, 0.25) is 0 Å². The van der Waals surface area contributed by atoms with Crippen molar-refractivity contribution in [1.29, 1.82) is 0 Å². The predicted octanol–water partition coefficient (Wildman–Crippen LogP) is 1.04. The predicted molar refractivity (Wildman–Crippen MR) is 66.8 cm³/mol. The molecule has 0 saturated carbocycles. The number of aryl methyl sites for hydroxylation is 3. The van der Waals surface area contributed by atoms with E-state index < -0.39 is 10.0 Å². The largest absolute Gasteiger partial charge is 0.336 e. The summed E-state index contributed by atoms with van der Waals surface area (Å²) in [5.41, 5.74) is 1.75. The number of aromatic nitrogens is 4. The molecule has 0 aliphatic heterocycles. The van der Waals surface area contributed by atoms with E-state index in [1.165, 1.54) is 12.5 Å². The van der Waals surface area contributed by atoms with Crippen LogP contribution in [0.5, 0.6) is 0 Å². The van der Waals surface area contributed by atoms with Crippen LogP contribution in [0, 0.1) is 13.8 Å². The number of imidazole rings is 1. The molecule has 2 heterocycles. The van der Waals surface area contributed by atoms with Crippen LogP contribution in [0.25, 0.3) is 0 Å². The molecule has 0 saturated heterocycles. The first-order valence-corrected chi connectivity index (χ1v) is 6.98. The average molecular weight is 269 g/mol.